The fraction of sp³-hybridized carbons (Fsp3) is 0.333. The van der Waals surface area contributed by atoms with Crippen LogP contribution >= 0.6 is 11.3 Å². The van der Waals surface area contributed by atoms with Gasteiger partial charge in [0.05, 0.1) is 23.4 Å². The van der Waals surface area contributed by atoms with E-state index in [4.69, 9.17) is 9.72 Å². The lowest BCUT2D eigenvalue weighted by atomic mass is 10.1. The Labute approximate surface area is 163 Å². The number of amides is 1. The number of thiazole rings is 1. The zero-order valence-corrected chi connectivity index (χ0v) is 16.0. The van der Waals surface area contributed by atoms with E-state index in [1.54, 1.807) is 11.3 Å². The number of aromatic nitrogens is 1. The number of hydrogen-bond acceptors (Lipinski definition) is 5. The Morgan fingerprint density at radius 1 is 1.15 bits per heavy atom. The highest BCUT2D eigenvalue weighted by molar-refractivity contribution is 7.22. The topological polar surface area (TPSA) is 54.5 Å². The Balaban J connectivity index is 1.35. The molecular formula is C21H23N3O2S. The van der Waals surface area contributed by atoms with Crippen LogP contribution in [0.15, 0.2) is 48.5 Å². The van der Waals surface area contributed by atoms with Gasteiger partial charge < -0.3 is 15.0 Å². The van der Waals surface area contributed by atoms with Crippen molar-refractivity contribution < 1.29 is 9.53 Å². The molecule has 0 saturated carbocycles. The summed E-state index contributed by atoms with van der Waals surface area (Å²) in [6.07, 6.45) is 1.90. The molecule has 140 valence electrons. The summed E-state index contributed by atoms with van der Waals surface area (Å²) in [5.74, 6) is -0.0220. The first-order chi connectivity index (χ1) is 13.3. The number of anilines is 1. The molecule has 0 radical (unpaired) electrons. The van der Waals surface area contributed by atoms with Crippen molar-refractivity contribution in [3.63, 3.8) is 0 Å². The molecule has 3 aromatic rings. The number of aryl methyl sites for hydroxylation is 1. The number of fused-ring (bicyclic) bond motifs is 1. The summed E-state index contributed by atoms with van der Waals surface area (Å²) in [4.78, 5) is 19.4. The van der Waals surface area contributed by atoms with Crippen LogP contribution in [0.1, 0.15) is 22.3 Å². The van der Waals surface area contributed by atoms with Crippen molar-refractivity contribution >= 4 is 32.6 Å². The van der Waals surface area contributed by atoms with Gasteiger partial charge in [-0.2, -0.15) is 0 Å². The molecule has 0 spiro atoms. The molecule has 1 amide bonds. The monoisotopic (exact) mass is 381 g/mol. The average molecular weight is 382 g/mol. The second kappa shape index (κ2) is 8.50. The highest BCUT2D eigenvalue weighted by Crippen LogP contribution is 2.30. The van der Waals surface area contributed by atoms with E-state index >= 15 is 0 Å². The van der Waals surface area contributed by atoms with Crippen molar-refractivity contribution in [2.45, 2.75) is 12.8 Å². The maximum absolute atomic E-state index is 12.5. The van der Waals surface area contributed by atoms with Gasteiger partial charge in [0.1, 0.15) is 0 Å². The Kier molecular flexibility index (Phi) is 5.65. The van der Waals surface area contributed by atoms with Crippen molar-refractivity contribution in [2.75, 3.05) is 37.7 Å². The fourth-order valence-corrected chi connectivity index (χ4v) is 4.24. The van der Waals surface area contributed by atoms with Gasteiger partial charge in [0.25, 0.3) is 5.91 Å². The van der Waals surface area contributed by atoms with Gasteiger partial charge in [-0.25, -0.2) is 4.98 Å². The normalized spacial score (nSPS) is 14.4. The number of morpholine rings is 1. The molecule has 0 atom stereocenters. The van der Waals surface area contributed by atoms with Gasteiger partial charge in [-0.15, -0.1) is 0 Å². The summed E-state index contributed by atoms with van der Waals surface area (Å²) in [6.45, 7) is 3.90. The molecule has 1 aliphatic rings. The molecule has 0 unspecified atom stereocenters. The van der Waals surface area contributed by atoms with E-state index < -0.39 is 0 Å². The minimum absolute atomic E-state index is 0.0220. The summed E-state index contributed by atoms with van der Waals surface area (Å²) < 4.78 is 6.45. The first-order valence-corrected chi connectivity index (χ1v) is 10.2. The summed E-state index contributed by atoms with van der Waals surface area (Å²) in [5, 5.41) is 4.03. The minimum Gasteiger partial charge on any atom is -0.378 e. The molecule has 1 saturated heterocycles. The van der Waals surface area contributed by atoms with E-state index in [0.29, 0.717) is 12.1 Å². The van der Waals surface area contributed by atoms with Crippen LogP contribution in [0.3, 0.4) is 0 Å². The van der Waals surface area contributed by atoms with Crippen molar-refractivity contribution in [3.8, 4) is 0 Å². The first-order valence-electron chi connectivity index (χ1n) is 9.35. The third kappa shape index (κ3) is 4.46. The molecule has 4 rings (SSSR count). The van der Waals surface area contributed by atoms with Crippen molar-refractivity contribution in [2.24, 2.45) is 0 Å². The molecule has 27 heavy (non-hydrogen) atoms. The van der Waals surface area contributed by atoms with Crippen LogP contribution in [0.2, 0.25) is 0 Å². The SMILES string of the molecule is O=C(NCCCc1ccccc1)c1ccc2nc(N3CCOCC3)sc2c1. The average Bonchev–Trinajstić information content (AvgIpc) is 3.16. The van der Waals surface area contributed by atoms with E-state index in [1.165, 1.54) is 5.56 Å². The molecule has 2 heterocycles. The summed E-state index contributed by atoms with van der Waals surface area (Å²) in [6, 6.07) is 16.1. The number of rotatable bonds is 6. The maximum atomic E-state index is 12.5. The van der Waals surface area contributed by atoms with Crippen molar-refractivity contribution in [1.29, 1.82) is 0 Å². The van der Waals surface area contributed by atoms with Gasteiger partial charge in [0.15, 0.2) is 5.13 Å². The third-order valence-corrected chi connectivity index (χ3v) is 5.77. The van der Waals surface area contributed by atoms with E-state index in [1.807, 2.05) is 36.4 Å². The Morgan fingerprint density at radius 3 is 2.78 bits per heavy atom. The predicted molar refractivity (Wildman–Crippen MR) is 110 cm³/mol. The van der Waals surface area contributed by atoms with E-state index in [-0.39, 0.29) is 5.91 Å². The molecule has 6 heteroatoms. The zero-order chi connectivity index (χ0) is 18.5. The summed E-state index contributed by atoms with van der Waals surface area (Å²) in [5.41, 5.74) is 2.94. The predicted octanol–water partition coefficient (Wildman–Crippen LogP) is 3.50. The number of nitrogens with zero attached hydrogens (tertiary/aromatic N) is 2. The van der Waals surface area contributed by atoms with Crippen LogP contribution in [-0.4, -0.2) is 43.7 Å². The number of carbonyl (C=O) groups is 1. The van der Waals surface area contributed by atoms with Crippen LogP contribution in [0.5, 0.6) is 0 Å². The lowest BCUT2D eigenvalue weighted by Crippen LogP contribution is -2.36. The number of ether oxygens (including phenoxy) is 1. The van der Waals surface area contributed by atoms with E-state index in [9.17, 15) is 4.79 Å². The van der Waals surface area contributed by atoms with Gasteiger partial charge in [-0.1, -0.05) is 41.7 Å². The maximum Gasteiger partial charge on any atom is 0.251 e. The molecule has 0 bridgehead atoms. The van der Waals surface area contributed by atoms with Crippen LogP contribution in [-0.2, 0) is 11.2 Å². The molecule has 2 aromatic carbocycles. The minimum atomic E-state index is -0.0220. The van der Waals surface area contributed by atoms with Crippen LogP contribution in [0.25, 0.3) is 10.2 Å². The Morgan fingerprint density at radius 2 is 1.96 bits per heavy atom. The molecule has 1 aliphatic heterocycles. The Hall–Kier alpha value is -2.44. The van der Waals surface area contributed by atoms with Gasteiger partial charge in [0, 0.05) is 25.2 Å². The van der Waals surface area contributed by atoms with E-state index in [2.05, 4.69) is 22.3 Å². The van der Waals surface area contributed by atoms with Crippen LogP contribution in [0.4, 0.5) is 5.13 Å². The molecule has 0 aliphatic carbocycles. The van der Waals surface area contributed by atoms with Gasteiger partial charge >= 0.3 is 0 Å². The van der Waals surface area contributed by atoms with Crippen LogP contribution in [0, 0.1) is 0 Å². The largest absolute Gasteiger partial charge is 0.378 e. The molecule has 1 fully saturated rings. The molecule has 1 N–H and O–H groups in total. The molecule has 1 aromatic heterocycles. The Bertz CT molecular complexity index is 904. The summed E-state index contributed by atoms with van der Waals surface area (Å²) in [7, 11) is 0. The molecular weight excluding hydrogens is 358 g/mol. The third-order valence-electron chi connectivity index (χ3n) is 4.69. The smallest absolute Gasteiger partial charge is 0.251 e. The van der Waals surface area contributed by atoms with Gasteiger partial charge in [-0.3, -0.25) is 4.79 Å². The zero-order valence-electron chi connectivity index (χ0n) is 15.2. The highest BCUT2D eigenvalue weighted by atomic mass is 32.1. The number of hydrogen-bond donors (Lipinski definition) is 1. The molecule has 5 nitrogen and oxygen atoms in total. The first kappa shape index (κ1) is 17.9. The second-order valence-corrected chi connectivity index (χ2v) is 7.63. The lowest BCUT2D eigenvalue weighted by molar-refractivity contribution is 0.0953. The van der Waals surface area contributed by atoms with Gasteiger partial charge in [0.2, 0.25) is 0 Å². The van der Waals surface area contributed by atoms with Crippen molar-refractivity contribution in [1.82, 2.24) is 10.3 Å². The number of carbonyl (C=O) groups excluding carboxylic acids is 1. The summed E-state index contributed by atoms with van der Waals surface area (Å²) >= 11 is 1.64. The van der Waals surface area contributed by atoms with E-state index in [0.717, 1.165) is 54.5 Å². The fourth-order valence-electron chi connectivity index (χ4n) is 3.18. The number of nitrogens with one attached hydrogen (secondary N) is 1. The van der Waals surface area contributed by atoms with Gasteiger partial charge in [-0.05, 0) is 36.6 Å². The quantitative estimate of drug-likeness (QED) is 0.664. The standard InChI is InChI=1S/C21H23N3O2S/c25-20(22-10-4-7-16-5-2-1-3-6-16)17-8-9-18-19(15-17)27-21(23-18)24-11-13-26-14-12-24/h1-3,5-6,8-9,15H,4,7,10-14H2,(H,22,25). The lowest BCUT2D eigenvalue weighted by Gasteiger charge is -2.25. The van der Waals surface area contributed by atoms with Crippen molar-refractivity contribution in [3.05, 3.63) is 59.7 Å². The number of benzene rings is 2. The highest BCUT2D eigenvalue weighted by Gasteiger charge is 2.16. The van der Waals surface area contributed by atoms with Crippen LogP contribution < -0.4 is 10.2 Å². The second-order valence-electron chi connectivity index (χ2n) is 6.62.